The summed E-state index contributed by atoms with van der Waals surface area (Å²) in [5.74, 6) is -0.351. The Balaban J connectivity index is 1.77. The van der Waals surface area contributed by atoms with Crippen molar-refractivity contribution in [2.45, 2.75) is 0 Å². The molecule has 1 saturated heterocycles. The maximum atomic E-state index is 12.8. The Labute approximate surface area is 153 Å². The smallest absolute Gasteiger partial charge is 0.268 e. The molecule has 0 saturated carbocycles. The summed E-state index contributed by atoms with van der Waals surface area (Å²) in [4.78, 5) is 26.7. The minimum atomic E-state index is -0.351. The molecule has 0 bridgehead atoms. The van der Waals surface area contributed by atoms with Crippen LogP contribution in [-0.4, -0.2) is 11.1 Å². The zero-order valence-electron chi connectivity index (χ0n) is 13.0. The number of rotatable bonds is 2. The molecule has 5 heteroatoms. The fourth-order valence-corrected chi connectivity index (χ4v) is 3.87. The molecule has 0 unspecified atom stereocenters. The number of amides is 2. The zero-order chi connectivity index (χ0) is 17.4. The number of anilines is 1. The number of fused-ring (bicyclic) bond motifs is 1. The lowest BCUT2D eigenvalue weighted by atomic mass is 10.0. The fourth-order valence-electron chi connectivity index (χ4n) is 2.83. The Hall–Kier alpha value is -2.56. The van der Waals surface area contributed by atoms with E-state index in [0.717, 1.165) is 33.0 Å². The molecule has 3 aromatic carbocycles. The minimum absolute atomic E-state index is 0.343. The molecule has 1 aliphatic heterocycles. The summed E-state index contributed by atoms with van der Waals surface area (Å²) < 4.78 is 0. The van der Waals surface area contributed by atoms with Gasteiger partial charge in [-0.1, -0.05) is 66.2 Å². The highest BCUT2D eigenvalue weighted by Crippen LogP contribution is 2.38. The first-order valence-corrected chi connectivity index (χ1v) is 8.85. The minimum Gasteiger partial charge on any atom is -0.268 e. The first-order valence-electron chi connectivity index (χ1n) is 7.65. The summed E-state index contributed by atoms with van der Waals surface area (Å²) in [5, 5.41) is 2.15. The summed E-state index contributed by atoms with van der Waals surface area (Å²) >= 11 is 7.07. The number of carbonyl (C=O) groups is 2. The van der Waals surface area contributed by atoms with Crippen LogP contribution in [0.3, 0.4) is 0 Å². The van der Waals surface area contributed by atoms with Crippen LogP contribution in [0.2, 0.25) is 5.02 Å². The van der Waals surface area contributed by atoms with Crippen molar-refractivity contribution in [3.8, 4) is 0 Å². The molecule has 0 radical (unpaired) electrons. The number of nitrogens with zero attached hydrogens (tertiary/aromatic N) is 1. The highest BCUT2D eigenvalue weighted by Gasteiger charge is 2.37. The molecule has 3 aromatic rings. The molecule has 0 aromatic heterocycles. The van der Waals surface area contributed by atoms with Crippen LogP contribution in [-0.2, 0) is 4.79 Å². The highest BCUT2D eigenvalue weighted by molar-refractivity contribution is 8.19. The molecule has 0 aliphatic carbocycles. The molecular weight excluding hydrogens is 354 g/mol. The fraction of sp³-hybridized carbons (Fsp3) is 0. The molecular formula is C20H12ClNO2S. The summed E-state index contributed by atoms with van der Waals surface area (Å²) in [6, 6.07) is 20.7. The van der Waals surface area contributed by atoms with Gasteiger partial charge in [-0.2, -0.15) is 0 Å². The van der Waals surface area contributed by atoms with Gasteiger partial charge in [-0.05, 0) is 46.3 Å². The van der Waals surface area contributed by atoms with Crippen LogP contribution in [0.4, 0.5) is 10.5 Å². The van der Waals surface area contributed by atoms with Crippen LogP contribution in [0.25, 0.3) is 16.8 Å². The molecule has 3 nitrogen and oxygen atoms in total. The molecule has 0 spiro atoms. The van der Waals surface area contributed by atoms with Gasteiger partial charge < -0.3 is 0 Å². The lowest BCUT2D eigenvalue weighted by Gasteiger charge is -2.13. The van der Waals surface area contributed by atoms with Crippen molar-refractivity contribution in [2.75, 3.05) is 4.90 Å². The van der Waals surface area contributed by atoms with Crippen molar-refractivity contribution >= 4 is 57.0 Å². The third kappa shape index (κ3) is 2.84. The lowest BCUT2D eigenvalue weighted by molar-refractivity contribution is -0.113. The Morgan fingerprint density at radius 2 is 1.60 bits per heavy atom. The van der Waals surface area contributed by atoms with Crippen LogP contribution >= 0.6 is 23.4 Å². The number of carbonyl (C=O) groups excluding carboxylic acids is 2. The molecule has 0 N–H and O–H groups in total. The Morgan fingerprint density at radius 1 is 0.880 bits per heavy atom. The van der Waals surface area contributed by atoms with E-state index in [1.54, 1.807) is 30.3 Å². The van der Waals surface area contributed by atoms with Crippen molar-refractivity contribution < 1.29 is 9.59 Å². The van der Waals surface area contributed by atoms with Crippen molar-refractivity contribution in [3.63, 3.8) is 0 Å². The number of thioether (sulfide) groups is 1. The van der Waals surface area contributed by atoms with E-state index in [-0.39, 0.29) is 11.1 Å². The van der Waals surface area contributed by atoms with Crippen LogP contribution < -0.4 is 4.90 Å². The first kappa shape index (κ1) is 15.9. The number of benzene rings is 3. The van der Waals surface area contributed by atoms with Gasteiger partial charge in [0.2, 0.25) is 0 Å². The van der Waals surface area contributed by atoms with Crippen LogP contribution in [0.1, 0.15) is 5.56 Å². The quantitative estimate of drug-likeness (QED) is 0.544. The van der Waals surface area contributed by atoms with Gasteiger partial charge in [0.15, 0.2) is 0 Å². The van der Waals surface area contributed by atoms with Gasteiger partial charge in [0.1, 0.15) is 0 Å². The van der Waals surface area contributed by atoms with E-state index in [9.17, 15) is 9.59 Å². The average molecular weight is 366 g/mol. The van der Waals surface area contributed by atoms with E-state index >= 15 is 0 Å². The molecule has 1 fully saturated rings. The Kier molecular flexibility index (Phi) is 4.07. The van der Waals surface area contributed by atoms with Crippen LogP contribution in [0.15, 0.2) is 71.6 Å². The second-order valence-corrected chi connectivity index (χ2v) is 6.94. The van der Waals surface area contributed by atoms with Gasteiger partial charge in [0, 0.05) is 0 Å². The normalized spacial score (nSPS) is 16.2. The second kappa shape index (κ2) is 6.39. The Bertz CT molecular complexity index is 1040. The molecule has 4 rings (SSSR count). The van der Waals surface area contributed by atoms with Crippen molar-refractivity contribution in [2.24, 2.45) is 0 Å². The van der Waals surface area contributed by atoms with Gasteiger partial charge in [-0.15, -0.1) is 0 Å². The maximum Gasteiger partial charge on any atom is 0.298 e. The monoisotopic (exact) mass is 365 g/mol. The van der Waals surface area contributed by atoms with Crippen molar-refractivity contribution in [3.05, 3.63) is 82.2 Å². The molecule has 25 heavy (non-hydrogen) atoms. The maximum absolute atomic E-state index is 12.8. The van der Waals surface area contributed by atoms with Gasteiger partial charge in [0.25, 0.3) is 11.1 Å². The summed E-state index contributed by atoms with van der Waals surface area (Å²) in [6.07, 6.45) is 1.77. The summed E-state index contributed by atoms with van der Waals surface area (Å²) in [7, 11) is 0. The largest absolute Gasteiger partial charge is 0.298 e. The zero-order valence-corrected chi connectivity index (χ0v) is 14.6. The topological polar surface area (TPSA) is 37.4 Å². The molecule has 1 heterocycles. The van der Waals surface area contributed by atoms with E-state index in [1.165, 1.54) is 0 Å². The van der Waals surface area contributed by atoms with Gasteiger partial charge >= 0.3 is 0 Å². The Morgan fingerprint density at radius 3 is 2.44 bits per heavy atom. The summed E-state index contributed by atoms with van der Waals surface area (Å²) in [5.41, 5.74) is 1.32. The molecule has 2 amide bonds. The predicted molar refractivity (Wildman–Crippen MR) is 104 cm³/mol. The van der Waals surface area contributed by atoms with Crippen molar-refractivity contribution in [1.82, 2.24) is 0 Å². The molecule has 1 aliphatic rings. The van der Waals surface area contributed by atoms with E-state index in [0.29, 0.717) is 15.6 Å². The third-order valence-corrected chi connectivity index (χ3v) is 5.19. The number of halogens is 1. The summed E-state index contributed by atoms with van der Waals surface area (Å²) in [6.45, 7) is 0. The number of para-hydroxylation sites is 1. The standard InChI is InChI=1S/C20H12ClNO2S/c21-16-10-3-4-11-17(16)22-19(23)18(25-20(22)24)12-14-8-5-7-13-6-1-2-9-15(13)14/h1-12H/b18-12-. The predicted octanol–water partition coefficient (Wildman–Crippen LogP) is 5.73. The van der Waals surface area contributed by atoms with E-state index < -0.39 is 0 Å². The first-order chi connectivity index (χ1) is 12.1. The highest BCUT2D eigenvalue weighted by atomic mass is 35.5. The number of imide groups is 1. The SMILES string of the molecule is O=C1S/C(=C\c2cccc3ccccc23)C(=O)N1c1ccccc1Cl. The van der Waals surface area contributed by atoms with E-state index in [1.807, 2.05) is 42.5 Å². The number of hydrogen-bond acceptors (Lipinski definition) is 3. The average Bonchev–Trinajstić information content (AvgIpc) is 2.90. The van der Waals surface area contributed by atoms with E-state index in [4.69, 9.17) is 11.6 Å². The van der Waals surface area contributed by atoms with Gasteiger partial charge in [-0.3, -0.25) is 9.59 Å². The lowest BCUT2D eigenvalue weighted by Crippen LogP contribution is -2.27. The van der Waals surface area contributed by atoms with Crippen molar-refractivity contribution in [1.29, 1.82) is 0 Å². The van der Waals surface area contributed by atoms with Gasteiger partial charge in [0.05, 0.1) is 15.6 Å². The van der Waals surface area contributed by atoms with Gasteiger partial charge in [-0.25, -0.2) is 4.90 Å². The molecule has 122 valence electrons. The third-order valence-electron chi connectivity index (χ3n) is 4.00. The molecule has 0 atom stereocenters. The van der Waals surface area contributed by atoms with E-state index in [2.05, 4.69) is 0 Å². The second-order valence-electron chi connectivity index (χ2n) is 5.54. The van der Waals surface area contributed by atoms with Crippen LogP contribution in [0, 0.1) is 0 Å². The number of hydrogen-bond donors (Lipinski definition) is 0. The van der Waals surface area contributed by atoms with Crippen LogP contribution in [0.5, 0.6) is 0 Å².